The van der Waals surface area contributed by atoms with Crippen molar-refractivity contribution in [3.63, 3.8) is 0 Å². The standard InChI is InChI=1S/C20H22N6O5/c1-20(2,29)10-30-26-18(28)14-15(22)24-16(12-5-3-4-11(8-12)9-21)25-19(14)31-13-6-7-23-17(13)27/h3-5,8,13,29H,6-7,10H2,1-2H3,(H,23,27)(H,26,28)(H2,22,24,25)/t13-/m1/s1. The first-order valence-corrected chi connectivity index (χ1v) is 9.45. The van der Waals surface area contributed by atoms with Gasteiger partial charge >= 0.3 is 0 Å². The minimum Gasteiger partial charge on any atom is -0.463 e. The Morgan fingerprint density at radius 1 is 1.45 bits per heavy atom. The van der Waals surface area contributed by atoms with E-state index in [1.165, 1.54) is 13.8 Å². The number of hydrogen-bond acceptors (Lipinski definition) is 9. The minimum absolute atomic E-state index is 0.122. The van der Waals surface area contributed by atoms with Gasteiger partial charge in [0, 0.05) is 18.5 Å². The van der Waals surface area contributed by atoms with Gasteiger partial charge in [0.1, 0.15) is 18.0 Å². The van der Waals surface area contributed by atoms with Gasteiger partial charge in [-0.2, -0.15) is 10.2 Å². The van der Waals surface area contributed by atoms with Gasteiger partial charge in [-0.1, -0.05) is 12.1 Å². The SMILES string of the molecule is CC(C)(O)CONC(=O)c1c(N)nc(-c2cccc(C#N)c2)nc1O[C@@H]1CCNC1=O. The van der Waals surface area contributed by atoms with Crippen molar-refractivity contribution in [2.24, 2.45) is 0 Å². The van der Waals surface area contributed by atoms with E-state index in [1.54, 1.807) is 24.3 Å². The van der Waals surface area contributed by atoms with Crippen LogP contribution in [0.2, 0.25) is 0 Å². The monoisotopic (exact) mass is 426 g/mol. The van der Waals surface area contributed by atoms with E-state index < -0.39 is 17.6 Å². The molecule has 1 saturated heterocycles. The lowest BCUT2D eigenvalue weighted by Crippen LogP contribution is -2.34. The molecule has 1 aromatic heterocycles. The van der Waals surface area contributed by atoms with Gasteiger partial charge in [0.05, 0.1) is 17.2 Å². The van der Waals surface area contributed by atoms with E-state index in [9.17, 15) is 14.7 Å². The summed E-state index contributed by atoms with van der Waals surface area (Å²) in [6.45, 7) is 3.26. The molecule has 1 aliphatic rings. The molecule has 31 heavy (non-hydrogen) atoms. The fourth-order valence-electron chi connectivity index (χ4n) is 2.76. The normalized spacial score (nSPS) is 15.8. The summed E-state index contributed by atoms with van der Waals surface area (Å²) < 4.78 is 5.71. The lowest BCUT2D eigenvalue weighted by atomic mass is 10.1. The third-order valence-electron chi connectivity index (χ3n) is 4.22. The first-order chi connectivity index (χ1) is 14.7. The molecule has 0 radical (unpaired) electrons. The molecule has 0 aliphatic carbocycles. The second-order valence-electron chi connectivity index (χ2n) is 7.52. The van der Waals surface area contributed by atoms with Crippen molar-refractivity contribution in [2.45, 2.75) is 32.0 Å². The maximum atomic E-state index is 12.7. The second-order valence-corrected chi connectivity index (χ2v) is 7.52. The summed E-state index contributed by atoms with van der Waals surface area (Å²) in [5.74, 6) is -1.42. The number of carbonyl (C=O) groups excluding carboxylic acids is 2. The summed E-state index contributed by atoms with van der Waals surface area (Å²) in [5, 5.41) is 21.5. The number of amides is 2. The van der Waals surface area contributed by atoms with Crippen molar-refractivity contribution in [1.29, 1.82) is 5.26 Å². The molecule has 1 atom stereocenters. The van der Waals surface area contributed by atoms with Crippen LogP contribution >= 0.6 is 0 Å². The Balaban J connectivity index is 1.97. The summed E-state index contributed by atoms with van der Waals surface area (Å²) in [4.78, 5) is 38.1. The van der Waals surface area contributed by atoms with Gasteiger partial charge in [-0.3, -0.25) is 14.4 Å². The Morgan fingerprint density at radius 3 is 2.87 bits per heavy atom. The first-order valence-electron chi connectivity index (χ1n) is 9.45. The number of aromatic nitrogens is 2. The Bertz CT molecular complexity index is 1040. The van der Waals surface area contributed by atoms with Crippen LogP contribution in [0.3, 0.4) is 0 Å². The fraction of sp³-hybridized carbons (Fsp3) is 0.350. The molecule has 1 aliphatic heterocycles. The molecule has 1 aromatic carbocycles. The summed E-state index contributed by atoms with van der Waals surface area (Å²) in [5.41, 5.74) is 7.69. The molecule has 2 aromatic rings. The Hall–Kier alpha value is -3.75. The van der Waals surface area contributed by atoms with Crippen molar-refractivity contribution in [3.8, 4) is 23.3 Å². The number of ether oxygens (including phenoxy) is 1. The molecule has 11 heteroatoms. The number of aliphatic hydroxyl groups is 1. The smallest absolute Gasteiger partial charge is 0.284 e. The van der Waals surface area contributed by atoms with E-state index >= 15 is 0 Å². The van der Waals surface area contributed by atoms with E-state index in [4.69, 9.17) is 20.6 Å². The number of carbonyl (C=O) groups is 2. The lowest BCUT2D eigenvalue weighted by Gasteiger charge is -2.18. The van der Waals surface area contributed by atoms with Crippen LogP contribution in [-0.4, -0.2) is 51.7 Å². The number of nitrogens with one attached hydrogen (secondary N) is 2. The molecular formula is C20H22N6O5. The van der Waals surface area contributed by atoms with Gasteiger partial charge in [0.25, 0.3) is 11.8 Å². The number of nitriles is 1. The third kappa shape index (κ3) is 5.44. The van der Waals surface area contributed by atoms with Crippen LogP contribution < -0.4 is 21.3 Å². The molecule has 0 saturated carbocycles. The van der Waals surface area contributed by atoms with Gasteiger partial charge < -0.3 is 20.9 Å². The summed E-state index contributed by atoms with van der Waals surface area (Å²) in [7, 11) is 0. The summed E-state index contributed by atoms with van der Waals surface area (Å²) >= 11 is 0. The molecule has 11 nitrogen and oxygen atoms in total. The molecule has 5 N–H and O–H groups in total. The van der Waals surface area contributed by atoms with Crippen molar-refractivity contribution < 1.29 is 24.3 Å². The highest BCUT2D eigenvalue weighted by atomic mass is 16.7. The van der Waals surface area contributed by atoms with E-state index in [0.717, 1.165) is 0 Å². The van der Waals surface area contributed by atoms with Crippen LogP contribution in [0.1, 0.15) is 36.2 Å². The van der Waals surface area contributed by atoms with Crippen LogP contribution in [0.4, 0.5) is 5.82 Å². The number of benzene rings is 1. The van der Waals surface area contributed by atoms with Crippen molar-refractivity contribution in [1.82, 2.24) is 20.8 Å². The number of hydrogen-bond donors (Lipinski definition) is 4. The van der Waals surface area contributed by atoms with E-state index in [0.29, 0.717) is 24.1 Å². The Morgan fingerprint density at radius 2 is 2.23 bits per heavy atom. The molecule has 2 heterocycles. The minimum atomic E-state index is -1.17. The predicted molar refractivity (Wildman–Crippen MR) is 108 cm³/mol. The zero-order chi connectivity index (χ0) is 22.6. The largest absolute Gasteiger partial charge is 0.463 e. The molecular weight excluding hydrogens is 404 g/mol. The quantitative estimate of drug-likeness (QED) is 0.454. The first kappa shape index (κ1) is 21.9. The van der Waals surface area contributed by atoms with E-state index in [-0.39, 0.29) is 35.6 Å². The molecule has 0 unspecified atom stereocenters. The van der Waals surface area contributed by atoms with Crippen molar-refractivity contribution in [2.75, 3.05) is 18.9 Å². The van der Waals surface area contributed by atoms with Gasteiger partial charge in [0.15, 0.2) is 11.9 Å². The van der Waals surface area contributed by atoms with Gasteiger partial charge in [-0.05, 0) is 26.0 Å². The molecule has 0 bridgehead atoms. The molecule has 2 amide bonds. The van der Waals surface area contributed by atoms with Crippen LogP contribution in [0, 0.1) is 11.3 Å². The Labute approximate surface area is 178 Å². The maximum Gasteiger partial charge on any atom is 0.284 e. The highest BCUT2D eigenvalue weighted by Crippen LogP contribution is 2.28. The lowest BCUT2D eigenvalue weighted by molar-refractivity contribution is -0.125. The highest BCUT2D eigenvalue weighted by Gasteiger charge is 2.30. The molecule has 3 rings (SSSR count). The topological polar surface area (TPSA) is 172 Å². The van der Waals surface area contributed by atoms with E-state index in [2.05, 4.69) is 20.8 Å². The fourth-order valence-corrected chi connectivity index (χ4v) is 2.76. The van der Waals surface area contributed by atoms with Crippen LogP contribution in [0.15, 0.2) is 24.3 Å². The number of hydroxylamine groups is 1. The zero-order valence-electron chi connectivity index (χ0n) is 17.0. The van der Waals surface area contributed by atoms with Crippen molar-refractivity contribution in [3.05, 3.63) is 35.4 Å². The van der Waals surface area contributed by atoms with Gasteiger partial charge in [-0.15, -0.1) is 0 Å². The van der Waals surface area contributed by atoms with Gasteiger partial charge in [0.2, 0.25) is 5.88 Å². The summed E-state index contributed by atoms with van der Waals surface area (Å²) in [6, 6.07) is 8.54. The maximum absolute atomic E-state index is 12.7. The summed E-state index contributed by atoms with van der Waals surface area (Å²) in [6.07, 6.45) is -0.463. The van der Waals surface area contributed by atoms with E-state index in [1.807, 2.05) is 6.07 Å². The van der Waals surface area contributed by atoms with Gasteiger partial charge in [-0.25, -0.2) is 10.5 Å². The number of nitrogens with two attached hydrogens (primary N) is 1. The zero-order valence-corrected chi connectivity index (χ0v) is 17.0. The van der Waals surface area contributed by atoms with Crippen LogP contribution in [-0.2, 0) is 9.63 Å². The number of anilines is 1. The molecule has 0 spiro atoms. The third-order valence-corrected chi connectivity index (χ3v) is 4.22. The predicted octanol–water partition coefficient (Wildman–Crippen LogP) is 0.297. The average molecular weight is 426 g/mol. The second kappa shape index (κ2) is 8.95. The highest BCUT2D eigenvalue weighted by molar-refractivity contribution is 6.00. The van der Waals surface area contributed by atoms with Crippen LogP contribution in [0.5, 0.6) is 5.88 Å². The van der Waals surface area contributed by atoms with Crippen molar-refractivity contribution >= 4 is 17.6 Å². The van der Waals surface area contributed by atoms with Crippen LogP contribution in [0.25, 0.3) is 11.4 Å². The molecule has 1 fully saturated rings. The number of nitrogens with zero attached hydrogens (tertiary/aromatic N) is 3. The average Bonchev–Trinajstić information content (AvgIpc) is 3.11. The molecule has 162 valence electrons. The number of nitrogen functional groups attached to an aromatic ring is 1. The number of rotatable bonds is 7. The Kier molecular flexibility index (Phi) is 6.33.